The van der Waals surface area contributed by atoms with Crippen molar-refractivity contribution in [2.24, 2.45) is 11.8 Å². The van der Waals surface area contributed by atoms with E-state index in [4.69, 9.17) is 5.26 Å². The molecule has 0 aliphatic heterocycles. The van der Waals surface area contributed by atoms with Crippen LogP contribution in [-0.4, -0.2) is 22.6 Å². The summed E-state index contributed by atoms with van der Waals surface area (Å²) in [4.78, 5) is 4.17. The molecule has 1 aliphatic rings. The summed E-state index contributed by atoms with van der Waals surface area (Å²) in [6.45, 7) is 4.10. The van der Waals surface area contributed by atoms with Gasteiger partial charge in [-0.3, -0.25) is 5.26 Å². The maximum atomic E-state index is 9.52. The van der Waals surface area contributed by atoms with E-state index in [1.165, 1.54) is 0 Å². The van der Waals surface area contributed by atoms with Crippen LogP contribution < -0.4 is 0 Å². The van der Waals surface area contributed by atoms with Crippen LogP contribution in [0.4, 0.5) is 0 Å². The Morgan fingerprint density at radius 1 is 1.27 bits per heavy atom. The lowest BCUT2D eigenvalue weighted by Crippen LogP contribution is -2.41. The first-order valence-electron chi connectivity index (χ1n) is 4.15. The first kappa shape index (κ1) is 8.97. The number of aliphatic hydroxyl groups is 1. The van der Waals surface area contributed by atoms with Crippen molar-refractivity contribution < 1.29 is 15.3 Å². The van der Waals surface area contributed by atoms with Gasteiger partial charge in [-0.15, -0.1) is 0 Å². The van der Waals surface area contributed by atoms with E-state index in [1.807, 2.05) is 6.92 Å². The molecule has 4 atom stereocenters. The molecule has 0 aromatic heterocycles. The number of hydrogen-bond acceptors (Lipinski definition) is 3. The van der Waals surface area contributed by atoms with Crippen molar-refractivity contribution in [1.29, 1.82) is 0 Å². The van der Waals surface area contributed by atoms with Gasteiger partial charge in [0.25, 0.3) is 0 Å². The van der Waals surface area contributed by atoms with Crippen molar-refractivity contribution in [3.05, 3.63) is 0 Å². The van der Waals surface area contributed by atoms with Gasteiger partial charge in [-0.1, -0.05) is 13.8 Å². The molecule has 0 saturated heterocycles. The Morgan fingerprint density at radius 2 is 1.91 bits per heavy atom. The maximum Gasteiger partial charge on any atom is 0.119 e. The van der Waals surface area contributed by atoms with E-state index >= 15 is 0 Å². The average Bonchev–Trinajstić information content (AvgIpc) is 2.01. The average molecular weight is 160 g/mol. The van der Waals surface area contributed by atoms with Gasteiger partial charge in [0.15, 0.2) is 0 Å². The van der Waals surface area contributed by atoms with Crippen LogP contribution in [-0.2, 0) is 4.89 Å². The highest BCUT2D eigenvalue weighted by atomic mass is 17.1. The lowest BCUT2D eigenvalue weighted by molar-refractivity contribution is -0.308. The molecule has 0 radical (unpaired) electrons. The number of rotatable bonds is 1. The molecule has 0 heterocycles. The lowest BCUT2D eigenvalue weighted by atomic mass is 9.78. The molecule has 0 bridgehead atoms. The highest BCUT2D eigenvalue weighted by molar-refractivity contribution is 4.83. The zero-order valence-corrected chi connectivity index (χ0v) is 7.03. The quantitative estimate of drug-likeness (QED) is 0.448. The molecule has 2 N–H and O–H groups in total. The molecule has 0 aromatic carbocycles. The Balaban J connectivity index is 2.52. The fraction of sp³-hybridized carbons (Fsp3) is 1.00. The zero-order chi connectivity index (χ0) is 8.43. The van der Waals surface area contributed by atoms with Gasteiger partial charge in [0.1, 0.15) is 6.10 Å². The van der Waals surface area contributed by atoms with E-state index in [1.54, 1.807) is 0 Å². The summed E-state index contributed by atoms with van der Waals surface area (Å²) in [7, 11) is 0. The Labute approximate surface area is 66.9 Å². The second-order valence-corrected chi connectivity index (χ2v) is 3.55. The molecule has 1 saturated carbocycles. The fourth-order valence-electron chi connectivity index (χ4n) is 1.65. The summed E-state index contributed by atoms with van der Waals surface area (Å²) >= 11 is 0. The van der Waals surface area contributed by atoms with Gasteiger partial charge >= 0.3 is 0 Å². The van der Waals surface area contributed by atoms with E-state index in [-0.39, 0.29) is 12.0 Å². The summed E-state index contributed by atoms with van der Waals surface area (Å²) < 4.78 is 0. The molecule has 0 spiro atoms. The molecule has 11 heavy (non-hydrogen) atoms. The van der Waals surface area contributed by atoms with Gasteiger partial charge in [0.2, 0.25) is 0 Å². The molecule has 3 nitrogen and oxygen atoms in total. The summed E-state index contributed by atoms with van der Waals surface area (Å²) in [6, 6.07) is 0. The monoisotopic (exact) mass is 160 g/mol. The predicted molar refractivity (Wildman–Crippen MR) is 41.1 cm³/mol. The van der Waals surface area contributed by atoms with E-state index in [0.717, 1.165) is 12.8 Å². The third-order valence-corrected chi connectivity index (χ3v) is 2.86. The van der Waals surface area contributed by atoms with Crippen LogP contribution in [0.5, 0.6) is 0 Å². The lowest BCUT2D eigenvalue weighted by Gasteiger charge is -2.35. The second kappa shape index (κ2) is 3.52. The van der Waals surface area contributed by atoms with Crippen molar-refractivity contribution in [2.75, 3.05) is 0 Å². The van der Waals surface area contributed by atoms with Crippen molar-refractivity contribution in [2.45, 2.75) is 38.9 Å². The molecular formula is C8H16O3. The Morgan fingerprint density at radius 3 is 2.45 bits per heavy atom. The third-order valence-electron chi connectivity index (χ3n) is 2.86. The normalized spacial score (nSPS) is 45.8. The number of aliphatic hydroxyl groups excluding tert-OH is 1. The molecule has 1 fully saturated rings. The minimum absolute atomic E-state index is 0.223. The highest BCUT2D eigenvalue weighted by Gasteiger charge is 2.34. The summed E-state index contributed by atoms with van der Waals surface area (Å²) in [6.07, 6.45) is 0.886. The summed E-state index contributed by atoms with van der Waals surface area (Å²) in [5.74, 6) is 0.747. The highest BCUT2D eigenvalue weighted by Crippen LogP contribution is 2.30. The Bertz CT molecular complexity index is 125. The predicted octanol–water partition coefficient (Wildman–Crippen LogP) is 1.27. The molecular weight excluding hydrogens is 144 g/mol. The van der Waals surface area contributed by atoms with Crippen molar-refractivity contribution >= 4 is 0 Å². The van der Waals surface area contributed by atoms with Gasteiger partial charge in [0, 0.05) is 0 Å². The van der Waals surface area contributed by atoms with Gasteiger partial charge in [-0.2, -0.15) is 0 Å². The summed E-state index contributed by atoms with van der Waals surface area (Å²) in [5, 5.41) is 17.9. The summed E-state index contributed by atoms with van der Waals surface area (Å²) in [5.41, 5.74) is 0. The maximum absolute atomic E-state index is 9.52. The van der Waals surface area contributed by atoms with Crippen LogP contribution in [0.1, 0.15) is 26.7 Å². The zero-order valence-electron chi connectivity index (χ0n) is 7.03. The third kappa shape index (κ3) is 1.72. The van der Waals surface area contributed by atoms with Crippen LogP contribution in [0.2, 0.25) is 0 Å². The molecule has 0 aromatic rings. The topological polar surface area (TPSA) is 49.7 Å². The minimum atomic E-state index is -0.510. The van der Waals surface area contributed by atoms with Crippen LogP contribution in [0.3, 0.4) is 0 Å². The van der Waals surface area contributed by atoms with Crippen molar-refractivity contribution in [3.63, 3.8) is 0 Å². The fourth-order valence-corrected chi connectivity index (χ4v) is 1.65. The largest absolute Gasteiger partial charge is 0.390 e. The second-order valence-electron chi connectivity index (χ2n) is 3.55. The van der Waals surface area contributed by atoms with Gasteiger partial charge in [-0.05, 0) is 24.7 Å². The molecule has 0 amide bonds. The minimum Gasteiger partial charge on any atom is -0.390 e. The molecule has 1 aliphatic carbocycles. The molecule has 3 heteroatoms. The SMILES string of the molecule is CC1CCC(OO)C(O)C1C. The van der Waals surface area contributed by atoms with Crippen LogP contribution in [0, 0.1) is 11.8 Å². The van der Waals surface area contributed by atoms with E-state index in [0.29, 0.717) is 5.92 Å². The number of hydrogen-bond donors (Lipinski definition) is 2. The van der Waals surface area contributed by atoms with E-state index < -0.39 is 6.10 Å². The van der Waals surface area contributed by atoms with Gasteiger partial charge in [-0.25, -0.2) is 4.89 Å². The van der Waals surface area contributed by atoms with Crippen molar-refractivity contribution in [1.82, 2.24) is 0 Å². The Hall–Kier alpha value is -0.120. The standard InChI is InChI=1S/C8H16O3/c1-5-3-4-7(11-10)8(9)6(5)2/h5-10H,3-4H2,1-2H3. The van der Waals surface area contributed by atoms with Crippen LogP contribution in [0.15, 0.2) is 0 Å². The Kier molecular flexibility index (Phi) is 2.87. The van der Waals surface area contributed by atoms with Crippen molar-refractivity contribution in [3.8, 4) is 0 Å². The van der Waals surface area contributed by atoms with Crippen LogP contribution >= 0.6 is 0 Å². The van der Waals surface area contributed by atoms with Gasteiger partial charge in [0.05, 0.1) is 6.10 Å². The molecule has 4 unspecified atom stereocenters. The molecule has 1 rings (SSSR count). The van der Waals surface area contributed by atoms with E-state index in [2.05, 4.69) is 11.8 Å². The first-order chi connectivity index (χ1) is 5.16. The smallest absolute Gasteiger partial charge is 0.119 e. The molecule has 66 valence electrons. The van der Waals surface area contributed by atoms with Gasteiger partial charge < -0.3 is 5.11 Å². The van der Waals surface area contributed by atoms with Crippen LogP contribution in [0.25, 0.3) is 0 Å². The van der Waals surface area contributed by atoms with E-state index in [9.17, 15) is 5.11 Å². The first-order valence-corrected chi connectivity index (χ1v) is 4.15.